The van der Waals surface area contributed by atoms with E-state index in [2.05, 4.69) is 6.58 Å². The maximum absolute atomic E-state index is 14.9. The van der Waals surface area contributed by atoms with E-state index in [1.807, 2.05) is 0 Å². The van der Waals surface area contributed by atoms with E-state index in [0.717, 1.165) is 17.2 Å². The maximum Gasteiger partial charge on any atom is 0.333 e. The molecule has 0 spiro atoms. The summed E-state index contributed by atoms with van der Waals surface area (Å²) in [7, 11) is -23.9. The first-order valence-corrected chi connectivity index (χ1v) is 33.7. The van der Waals surface area contributed by atoms with Crippen LogP contribution >= 0.6 is 0 Å². The molecule has 466 valence electrons. The number of amides is 1. The summed E-state index contributed by atoms with van der Waals surface area (Å²) in [5, 5.41) is 12.3. The van der Waals surface area contributed by atoms with Crippen molar-refractivity contribution in [3.63, 3.8) is 0 Å². The van der Waals surface area contributed by atoms with Gasteiger partial charge in [0.2, 0.25) is 11.5 Å². The normalized spacial score (nSPS) is 19.2. The zero-order valence-electron chi connectivity index (χ0n) is 46.7. The average molecular weight is 1300 g/mol. The number of hydroxylamine groups is 2. The molecule has 86 heavy (non-hydrogen) atoms. The van der Waals surface area contributed by atoms with E-state index in [-0.39, 0.29) is 157 Å². The zero-order chi connectivity index (χ0) is 63.3. The van der Waals surface area contributed by atoms with Crippen LogP contribution in [0.3, 0.4) is 0 Å². The summed E-state index contributed by atoms with van der Waals surface area (Å²) < 4.78 is 201. The summed E-state index contributed by atoms with van der Waals surface area (Å²) in [4.78, 5) is 43.7. The van der Waals surface area contributed by atoms with Crippen LogP contribution in [0.15, 0.2) is 115 Å². The van der Waals surface area contributed by atoms with Gasteiger partial charge in [0.05, 0.1) is 77.4 Å². The van der Waals surface area contributed by atoms with Crippen molar-refractivity contribution in [2.45, 2.75) is 89.7 Å². The number of methoxy groups -OCH3 is 1. The predicted molar refractivity (Wildman–Crippen MR) is 306 cm³/mol. The van der Waals surface area contributed by atoms with Crippen molar-refractivity contribution in [1.82, 2.24) is 5.06 Å². The Morgan fingerprint density at radius 2 is 1.23 bits per heavy atom. The Bertz CT molecular complexity index is 4230. The molecule has 3 aliphatic heterocycles. The van der Waals surface area contributed by atoms with E-state index in [0.29, 0.717) is 25.3 Å². The third-order valence-corrected chi connectivity index (χ3v) is 19.4. The summed E-state index contributed by atoms with van der Waals surface area (Å²) in [6.07, 6.45) is 2.01. The van der Waals surface area contributed by atoms with Crippen LogP contribution < -0.4 is 4.90 Å². The van der Waals surface area contributed by atoms with E-state index in [1.165, 1.54) is 43.5 Å². The van der Waals surface area contributed by atoms with Crippen molar-refractivity contribution in [2.24, 2.45) is 0 Å². The molecule has 27 nitrogen and oxygen atoms in total. The highest BCUT2D eigenvalue weighted by atomic mass is 32.2. The van der Waals surface area contributed by atoms with Gasteiger partial charge in [0.1, 0.15) is 22.2 Å². The van der Waals surface area contributed by atoms with Crippen molar-refractivity contribution in [3.8, 4) is 0 Å². The Labute approximate surface area is 495 Å². The average Bonchev–Trinajstić information content (AvgIpc) is 1.58. The van der Waals surface area contributed by atoms with Crippen LogP contribution in [0.2, 0.25) is 0 Å². The van der Waals surface area contributed by atoms with Crippen LogP contribution in [0.25, 0.3) is 21.5 Å². The molecule has 1 unspecified atom stereocenters. The molecular weight excluding hydrogens is 1230 g/mol. The second-order valence-corrected chi connectivity index (χ2v) is 28.4. The minimum Gasteiger partial charge on any atom is -0.506 e. The molecule has 4 aliphatic rings. The Balaban J connectivity index is 1.27. The first-order valence-electron chi connectivity index (χ1n) is 26.4. The predicted octanol–water partition coefficient (Wildman–Crippen LogP) is 5.08. The van der Waals surface area contributed by atoms with Gasteiger partial charge < -0.3 is 33.8 Å². The summed E-state index contributed by atoms with van der Waals surface area (Å²) in [5.41, 5.74) is -2.36. The second-order valence-electron chi connectivity index (χ2n) is 21.2. The first kappa shape index (κ1) is 65.6. The molecule has 3 heterocycles. The molecule has 0 saturated carbocycles. The number of allylic oxidation sites excluding steroid dienone is 6. The van der Waals surface area contributed by atoms with Gasteiger partial charge in [-0.05, 0) is 91.4 Å². The highest BCUT2D eigenvalue weighted by Crippen LogP contribution is 2.54. The molecule has 0 bridgehead atoms. The molecule has 8 rings (SSSR count). The molecule has 1 atom stereocenters. The van der Waals surface area contributed by atoms with Crippen molar-refractivity contribution >= 4 is 107 Å². The lowest BCUT2D eigenvalue weighted by molar-refractivity contribution is -0.442. The fraction of sp³-hybridized carbons (Fsp3) is 0.407. The van der Waals surface area contributed by atoms with Crippen molar-refractivity contribution < 1.29 is 113 Å². The molecule has 6 N–H and O–H groups in total. The number of hydrogen-bond donors (Lipinski definition) is 6. The van der Waals surface area contributed by atoms with Gasteiger partial charge in [-0.2, -0.15) is 46.7 Å². The van der Waals surface area contributed by atoms with Crippen molar-refractivity contribution in [1.29, 1.82) is 0 Å². The third-order valence-electron chi connectivity index (χ3n) is 15.2. The Morgan fingerprint density at radius 1 is 0.686 bits per heavy atom. The maximum atomic E-state index is 14.9. The zero-order valence-corrected chi connectivity index (χ0v) is 50.8. The van der Waals surface area contributed by atoms with Gasteiger partial charge in [-0.1, -0.05) is 26.5 Å². The number of ether oxygens (including phenoxy) is 4. The lowest BCUT2D eigenvalue weighted by Gasteiger charge is -2.29. The molecular formula is C54H62N3O24S5+. The van der Waals surface area contributed by atoms with E-state index < -0.39 is 110 Å². The molecule has 1 saturated heterocycles. The largest absolute Gasteiger partial charge is 0.506 e. The summed E-state index contributed by atoms with van der Waals surface area (Å²) in [6, 6.07) is 8.47. The number of rotatable bonds is 27. The SMILES string of the molecule is C=C1CCC(=O)N1OC(=O)CCCN1/C(=C/C2=C(O)C(=C/C3=[N+](CCOCCOCCOCCOC)c4ccc5c(S(=O)(=O)O)cc(S(=O)(=O)O)cc5c4C3(C)CCCS(=O)(=O)O)/C2=O)C(C)(C)c2c1ccc1c(S(=O)(=O)O)cc(S(=O)(=O)O)cc21. The van der Waals surface area contributed by atoms with Gasteiger partial charge in [-0.25, -0.2) is 4.79 Å². The first-order chi connectivity index (χ1) is 40.0. The second kappa shape index (κ2) is 24.7. The highest BCUT2D eigenvalue weighted by molar-refractivity contribution is 7.87. The number of aliphatic hydroxyl groups is 1. The number of Topliss-reactive ketones (excluding diaryl/α,β-unsaturated/α-hetero) is 1. The molecule has 1 amide bonds. The van der Waals surface area contributed by atoms with Gasteiger partial charge in [0, 0.05) is 71.8 Å². The number of aliphatic hydroxyl groups excluding tert-OH is 1. The molecule has 32 heteroatoms. The van der Waals surface area contributed by atoms with Crippen LogP contribution in [0.4, 0.5) is 11.4 Å². The fourth-order valence-electron chi connectivity index (χ4n) is 11.2. The van der Waals surface area contributed by atoms with Gasteiger partial charge in [-0.15, -0.1) is 5.06 Å². The number of hydrogen-bond acceptors (Lipinski definition) is 20. The van der Waals surface area contributed by atoms with E-state index in [1.54, 1.807) is 30.2 Å². The number of fused-ring (bicyclic) bond motifs is 6. The van der Waals surface area contributed by atoms with E-state index in [4.69, 9.17) is 23.8 Å². The Hall–Kier alpha value is -6.37. The third kappa shape index (κ3) is 13.5. The summed E-state index contributed by atoms with van der Waals surface area (Å²) in [5.74, 6) is -3.58. The summed E-state index contributed by atoms with van der Waals surface area (Å²) >= 11 is 0. The highest BCUT2D eigenvalue weighted by Gasteiger charge is 2.51. The smallest absolute Gasteiger partial charge is 0.333 e. The van der Waals surface area contributed by atoms with Crippen molar-refractivity contribution in [3.05, 3.63) is 107 Å². The van der Waals surface area contributed by atoms with Gasteiger partial charge >= 0.3 is 5.97 Å². The number of benzene rings is 4. The monoisotopic (exact) mass is 1300 g/mol. The van der Waals surface area contributed by atoms with Gasteiger partial charge in [0.15, 0.2) is 12.3 Å². The van der Waals surface area contributed by atoms with Crippen LogP contribution in [0.1, 0.15) is 70.4 Å². The molecule has 4 aromatic rings. The van der Waals surface area contributed by atoms with Gasteiger partial charge in [-0.3, -0.25) is 32.4 Å². The topological polar surface area (TPSA) is 399 Å². The van der Waals surface area contributed by atoms with E-state index in [9.17, 15) is 84.3 Å². The molecule has 4 aromatic carbocycles. The van der Waals surface area contributed by atoms with E-state index >= 15 is 0 Å². The molecule has 0 aromatic heterocycles. The summed E-state index contributed by atoms with van der Waals surface area (Å²) in [6.45, 7) is 9.59. The Kier molecular flexibility index (Phi) is 18.8. The molecule has 1 fully saturated rings. The standard InChI is InChI=1S/C54H61N3O24S5/c1-32-9-14-47(58)57(32)81-48(59)8-6-16-55-41-12-10-35-37(26-33(83(65,66)67)28-43(35)85(71,72)73)49(41)53(2,3)45(55)30-39-51(60)40(52(39)61)31-46-54(4,15-7-25-82(62,63)64)50-38-27-34(84(68,69)70)29-44(86(74,75)76)36(38)11-13-42(50)56(46)17-18-78-21-22-80-24-23-79-20-19-77-5/h10-13,26-31H,1,6-9,14-25H2,2-5H3,(H5-,60,61,62,63,64,65,66,67,68,69,70,71,72,73,74,75,76)/p+1. The number of carbonyl (C=O) groups is 3. The molecule has 1 aliphatic carbocycles. The minimum absolute atomic E-state index is 0.0261. The minimum atomic E-state index is -5.25. The Morgan fingerprint density at radius 3 is 1.74 bits per heavy atom. The van der Waals surface area contributed by atoms with Crippen LogP contribution in [0.5, 0.6) is 0 Å². The lowest BCUT2D eigenvalue weighted by atomic mass is 9.72. The number of anilines is 1. The van der Waals surface area contributed by atoms with Crippen LogP contribution in [-0.4, -0.2) is 175 Å². The quantitative estimate of drug-likeness (QED) is 0.0196. The molecule has 0 radical (unpaired) electrons. The fourth-order valence-corrected chi connectivity index (χ4v) is 14.4. The van der Waals surface area contributed by atoms with Crippen LogP contribution in [0, 0.1) is 0 Å². The number of nitrogens with zero attached hydrogens (tertiary/aromatic N) is 3. The van der Waals surface area contributed by atoms with Crippen LogP contribution in [-0.2, 0) is 99.6 Å². The number of ketones is 1. The number of carbonyl (C=O) groups excluding carboxylic acids is 3. The van der Waals surface area contributed by atoms with Gasteiger partial charge in [0.25, 0.3) is 56.5 Å². The van der Waals surface area contributed by atoms with Crippen molar-refractivity contribution in [2.75, 3.05) is 77.1 Å². The lowest BCUT2D eigenvalue weighted by Crippen LogP contribution is -2.35.